The first-order chi connectivity index (χ1) is 12.7. The number of hydrogen-bond donors (Lipinski definition) is 2. The van der Waals surface area contributed by atoms with E-state index in [1.807, 2.05) is 36.4 Å². The Morgan fingerprint density at radius 3 is 2.65 bits per heavy atom. The molecule has 0 spiro atoms. The molecule has 1 fully saturated rings. The highest BCUT2D eigenvalue weighted by Gasteiger charge is 2.15. The Morgan fingerprint density at radius 1 is 1.12 bits per heavy atom. The minimum absolute atomic E-state index is 0.117. The molecule has 1 unspecified atom stereocenters. The van der Waals surface area contributed by atoms with E-state index in [2.05, 4.69) is 10.6 Å². The van der Waals surface area contributed by atoms with Gasteiger partial charge < -0.3 is 20.1 Å². The summed E-state index contributed by atoms with van der Waals surface area (Å²) in [6.07, 6.45) is 3.46. The monoisotopic (exact) mass is 374 g/mol. The lowest BCUT2D eigenvalue weighted by molar-refractivity contribution is -0.114. The molecule has 1 saturated heterocycles. The quantitative estimate of drug-likeness (QED) is 0.756. The van der Waals surface area contributed by atoms with Crippen LogP contribution in [-0.2, 0) is 9.53 Å². The van der Waals surface area contributed by atoms with Crippen LogP contribution in [0.4, 0.5) is 11.4 Å². The molecule has 138 valence electrons. The highest BCUT2D eigenvalue weighted by Crippen LogP contribution is 2.25. The van der Waals surface area contributed by atoms with E-state index in [1.54, 1.807) is 12.1 Å². The first-order valence-corrected chi connectivity index (χ1v) is 9.22. The molecule has 1 heterocycles. The van der Waals surface area contributed by atoms with Crippen molar-refractivity contribution in [1.29, 1.82) is 0 Å². The average Bonchev–Trinajstić information content (AvgIpc) is 2.68. The number of hydrogen-bond acceptors (Lipinski definition) is 4. The normalized spacial score (nSPS) is 16.7. The van der Waals surface area contributed by atoms with E-state index in [0.717, 1.165) is 25.1 Å². The lowest BCUT2D eigenvalue weighted by Crippen LogP contribution is -2.26. The average molecular weight is 375 g/mol. The van der Waals surface area contributed by atoms with Crippen LogP contribution in [0, 0.1) is 0 Å². The number of nitrogens with one attached hydrogen (secondary N) is 2. The zero-order chi connectivity index (χ0) is 18.2. The van der Waals surface area contributed by atoms with Crippen LogP contribution in [-0.4, -0.2) is 31.8 Å². The number of carbonyl (C=O) groups is 1. The Labute approximate surface area is 158 Å². The Balaban J connectivity index is 1.52. The summed E-state index contributed by atoms with van der Waals surface area (Å²) in [5.41, 5.74) is 1.37. The second-order valence-electron chi connectivity index (χ2n) is 6.18. The molecule has 1 aliphatic heterocycles. The smallest absolute Gasteiger partial charge is 0.243 e. The molecule has 0 aromatic heterocycles. The SMILES string of the molecule is O=C(CNc1ccccc1OCC1CCCCO1)Nc1ccccc1Cl. The van der Waals surface area contributed by atoms with Crippen molar-refractivity contribution >= 4 is 28.9 Å². The number of benzene rings is 2. The number of rotatable bonds is 7. The summed E-state index contributed by atoms with van der Waals surface area (Å²) in [5.74, 6) is 0.538. The lowest BCUT2D eigenvalue weighted by atomic mass is 10.1. The zero-order valence-corrected chi connectivity index (χ0v) is 15.3. The van der Waals surface area contributed by atoms with Gasteiger partial charge in [-0.2, -0.15) is 0 Å². The molecule has 0 aliphatic carbocycles. The summed E-state index contributed by atoms with van der Waals surface area (Å²) < 4.78 is 11.6. The molecule has 2 aromatic carbocycles. The third-order valence-corrected chi connectivity index (χ3v) is 4.50. The Morgan fingerprint density at radius 2 is 1.88 bits per heavy atom. The van der Waals surface area contributed by atoms with Gasteiger partial charge in [0.05, 0.1) is 29.0 Å². The van der Waals surface area contributed by atoms with Crippen molar-refractivity contribution in [3.8, 4) is 5.75 Å². The van der Waals surface area contributed by atoms with Gasteiger partial charge in [-0.3, -0.25) is 4.79 Å². The van der Waals surface area contributed by atoms with E-state index in [1.165, 1.54) is 6.42 Å². The van der Waals surface area contributed by atoms with Crippen LogP contribution in [0.15, 0.2) is 48.5 Å². The van der Waals surface area contributed by atoms with Crippen molar-refractivity contribution < 1.29 is 14.3 Å². The second kappa shape index (κ2) is 9.46. The van der Waals surface area contributed by atoms with Crippen molar-refractivity contribution in [1.82, 2.24) is 0 Å². The molecule has 0 saturated carbocycles. The molecule has 1 atom stereocenters. The van der Waals surface area contributed by atoms with E-state index in [9.17, 15) is 4.79 Å². The van der Waals surface area contributed by atoms with Gasteiger partial charge in [0.15, 0.2) is 0 Å². The summed E-state index contributed by atoms with van der Waals surface area (Å²) in [6, 6.07) is 14.7. The van der Waals surface area contributed by atoms with Gasteiger partial charge >= 0.3 is 0 Å². The molecule has 2 N–H and O–H groups in total. The summed E-state index contributed by atoms with van der Waals surface area (Å²) >= 11 is 6.06. The van der Waals surface area contributed by atoms with Gasteiger partial charge in [-0.25, -0.2) is 0 Å². The minimum Gasteiger partial charge on any atom is -0.489 e. The molecular weight excluding hydrogens is 352 g/mol. The van der Waals surface area contributed by atoms with Crippen molar-refractivity contribution in [2.75, 3.05) is 30.4 Å². The standard InChI is InChI=1S/C20H23ClN2O3/c21-16-8-1-2-9-17(16)23-20(24)13-22-18-10-3-4-11-19(18)26-14-15-7-5-6-12-25-15/h1-4,8-11,15,22H,5-7,12-14H2,(H,23,24). The third kappa shape index (κ3) is 5.38. The summed E-state index contributed by atoms with van der Waals surface area (Å²) in [5, 5.41) is 6.42. The summed E-state index contributed by atoms with van der Waals surface area (Å²) in [4.78, 5) is 12.2. The molecule has 1 amide bonds. The van der Waals surface area contributed by atoms with Crippen molar-refractivity contribution in [3.05, 3.63) is 53.6 Å². The van der Waals surface area contributed by atoms with Crippen LogP contribution >= 0.6 is 11.6 Å². The Hall–Kier alpha value is -2.24. The van der Waals surface area contributed by atoms with Gasteiger partial charge in [0.1, 0.15) is 12.4 Å². The highest BCUT2D eigenvalue weighted by molar-refractivity contribution is 6.33. The molecule has 0 radical (unpaired) electrons. The molecule has 26 heavy (non-hydrogen) atoms. The van der Waals surface area contributed by atoms with E-state index in [4.69, 9.17) is 21.1 Å². The predicted molar refractivity (Wildman–Crippen MR) is 104 cm³/mol. The van der Waals surface area contributed by atoms with Crippen LogP contribution in [0.25, 0.3) is 0 Å². The van der Waals surface area contributed by atoms with E-state index in [0.29, 0.717) is 23.1 Å². The highest BCUT2D eigenvalue weighted by atomic mass is 35.5. The molecule has 1 aliphatic rings. The van der Waals surface area contributed by atoms with Gasteiger partial charge in [-0.15, -0.1) is 0 Å². The fraction of sp³-hybridized carbons (Fsp3) is 0.350. The van der Waals surface area contributed by atoms with E-state index in [-0.39, 0.29) is 18.6 Å². The Bertz CT molecular complexity index is 733. The maximum atomic E-state index is 12.2. The molecule has 3 rings (SSSR count). The van der Waals surface area contributed by atoms with Gasteiger partial charge in [0.2, 0.25) is 5.91 Å². The lowest BCUT2D eigenvalue weighted by Gasteiger charge is -2.23. The van der Waals surface area contributed by atoms with Gasteiger partial charge in [-0.1, -0.05) is 35.9 Å². The first kappa shape index (κ1) is 18.5. The second-order valence-corrected chi connectivity index (χ2v) is 6.58. The zero-order valence-electron chi connectivity index (χ0n) is 14.5. The van der Waals surface area contributed by atoms with Crippen LogP contribution in [0.3, 0.4) is 0 Å². The number of para-hydroxylation sites is 3. The fourth-order valence-electron chi connectivity index (χ4n) is 2.79. The van der Waals surface area contributed by atoms with Crippen molar-refractivity contribution in [3.63, 3.8) is 0 Å². The fourth-order valence-corrected chi connectivity index (χ4v) is 2.98. The van der Waals surface area contributed by atoms with Crippen LogP contribution < -0.4 is 15.4 Å². The van der Waals surface area contributed by atoms with Crippen molar-refractivity contribution in [2.45, 2.75) is 25.4 Å². The molecule has 0 bridgehead atoms. The molecular formula is C20H23ClN2O3. The number of ether oxygens (including phenoxy) is 2. The maximum absolute atomic E-state index is 12.2. The largest absolute Gasteiger partial charge is 0.489 e. The number of anilines is 2. The maximum Gasteiger partial charge on any atom is 0.243 e. The molecule has 2 aromatic rings. The van der Waals surface area contributed by atoms with Gasteiger partial charge in [0.25, 0.3) is 0 Å². The molecule has 6 heteroatoms. The minimum atomic E-state index is -0.177. The number of carbonyl (C=O) groups excluding carboxylic acids is 1. The topological polar surface area (TPSA) is 59.6 Å². The summed E-state index contributed by atoms with van der Waals surface area (Å²) in [7, 11) is 0. The number of amides is 1. The first-order valence-electron chi connectivity index (χ1n) is 8.84. The van der Waals surface area contributed by atoms with E-state index >= 15 is 0 Å². The number of halogens is 1. The van der Waals surface area contributed by atoms with Crippen LogP contribution in [0.1, 0.15) is 19.3 Å². The summed E-state index contributed by atoms with van der Waals surface area (Å²) in [6.45, 7) is 1.44. The predicted octanol–water partition coefficient (Wildman–Crippen LogP) is 4.34. The van der Waals surface area contributed by atoms with Gasteiger partial charge in [-0.05, 0) is 43.5 Å². The van der Waals surface area contributed by atoms with Crippen molar-refractivity contribution in [2.24, 2.45) is 0 Å². The third-order valence-electron chi connectivity index (χ3n) is 4.17. The van der Waals surface area contributed by atoms with Gasteiger partial charge in [0, 0.05) is 6.61 Å². The molecule has 5 nitrogen and oxygen atoms in total. The van der Waals surface area contributed by atoms with Crippen LogP contribution in [0.5, 0.6) is 5.75 Å². The van der Waals surface area contributed by atoms with E-state index < -0.39 is 0 Å². The Kier molecular flexibility index (Phi) is 6.75. The van der Waals surface area contributed by atoms with Crippen LogP contribution in [0.2, 0.25) is 5.02 Å².